The van der Waals surface area contributed by atoms with E-state index in [1.807, 2.05) is 30.3 Å². The van der Waals surface area contributed by atoms with Gasteiger partial charge in [0.25, 0.3) is 0 Å². The van der Waals surface area contributed by atoms with Gasteiger partial charge in [0, 0.05) is 49.1 Å². The smallest absolute Gasteiger partial charge is 0.242 e. The van der Waals surface area contributed by atoms with Gasteiger partial charge in [-0.2, -0.15) is 0 Å². The Morgan fingerprint density at radius 3 is 2.41 bits per heavy atom. The number of carbonyl (C=O) groups is 2. The highest BCUT2D eigenvalue weighted by Crippen LogP contribution is 2.36. The van der Waals surface area contributed by atoms with Crippen molar-refractivity contribution < 1.29 is 27.5 Å². The highest BCUT2D eigenvalue weighted by atomic mass is 35.5. The summed E-state index contributed by atoms with van der Waals surface area (Å²) in [4.78, 5) is 28.4. The molecule has 1 heterocycles. The van der Waals surface area contributed by atoms with Crippen LogP contribution in [0.5, 0.6) is 11.5 Å². The molecule has 0 saturated heterocycles. The lowest BCUT2D eigenvalue weighted by Gasteiger charge is -2.32. The van der Waals surface area contributed by atoms with Gasteiger partial charge in [-0.15, -0.1) is 0 Å². The molecule has 41 heavy (non-hydrogen) atoms. The van der Waals surface area contributed by atoms with Gasteiger partial charge < -0.3 is 19.7 Å². The Balaban J connectivity index is 1.57. The topological polar surface area (TPSA) is 105 Å². The van der Waals surface area contributed by atoms with E-state index in [9.17, 15) is 18.0 Å². The number of carbonyl (C=O) groups excluding carboxylic acids is 2. The highest BCUT2D eigenvalue weighted by molar-refractivity contribution is 7.92. The molecule has 9 nitrogen and oxygen atoms in total. The van der Waals surface area contributed by atoms with E-state index in [2.05, 4.69) is 5.32 Å². The first-order valence-electron chi connectivity index (χ1n) is 12.9. The van der Waals surface area contributed by atoms with Crippen LogP contribution in [0.25, 0.3) is 0 Å². The van der Waals surface area contributed by atoms with Gasteiger partial charge in [-0.3, -0.25) is 13.9 Å². The Labute approximate surface area is 250 Å². The molecule has 12 heteroatoms. The normalized spacial score (nSPS) is 13.0. The van der Waals surface area contributed by atoms with Crippen LogP contribution < -0.4 is 19.1 Å². The van der Waals surface area contributed by atoms with E-state index in [-0.39, 0.29) is 51.0 Å². The van der Waals surface area contributed by atoms with Gasteiger partial charge in [0.1, 0.15) is 6.04 Å². The van der Waals surface area contributed by atoms with Crippen molar-refractivity contribution in [1.82, 2.24) is 10.2 Å². The molecule has 0 spiro atoms. The standard InChI is InChI=1S/C29H31Cl2N3O6S/c1-32-29(36)25(15-20-7-4-3-5-8-20)33(18-21-10-11-22(30)16-24(21)31)28(35)9-6-14-34(41(2,37)38)23-12-13-26-27(17-23)40-19-39-26/h3-5,7-8,10-13,16-17,25H,6,9,14-15,18-19H2,1-2H3,(H,32,36)/t25-/m0/s1. The average Bonchev–Trinajstić information content (AvgIpc) is 3.41. The zero-order chi connectivity index (χ0) is 29.6. The second-order valence-corrected chi connectivity index (χ2v) is 12.3. The van der Waals surface area contributed by atoms with E-state index < -0.39 is 16.1 Å². The summed E-state index contributed by atoms with van der Waals surface area (Å²) in [7, 11) is -2.15. The molecule has 0 aliphatic carbocycles. The van der Waals surface area contributed by atoms with Gasteiger partial charge in [-0.05, 0) is 41.8 Å². The van der Waals surface area contributed by atoms with Crippen molar-refractivity contribution in [3.05, 3.63) is 87.9 Å². The summed E-state index contributed by atoms with van der Waals surface area (Å²) >= 11 is 12.5. The van der Waals surface area contributed by atoms with Crippen LogP contribution in [0.1, 0.15) is 24.0 Å². The second kappa shape index (κ2) is 13.5. The third kappa shape index (κ3) is 7.84. The lowest BCUT2D eigenvalue weighted by Crippen LogP contribution is -2.49. The number of rotatable bonds is 12. The third-order valence-corrected chi connectivity index (χ3v) is 8.45. The number of fused-ring (bicyclic) bond motifs is 1. The summed E-state index contributed by atoms with van der Waals surface area (Å²) in [6.45, 7) is 0.176. The van der Waals surface area contributed by atoms with Crippen molar-refractivity contribution in [2.45, 2.75) is 31.8 Å². The molecule has 0 radical (unpaired) electrons. The number of likely N-dealkylation sites (N-methyl/N-ethyl adjacent to an activating group) is 1. The van der Waals surface area contributed by atoms with Crippen molar-refractivity contribution in [3.63, 3.8) is 0 Å². The van der Waals surface area contributed by atoms with Crippen LogP contribution in [0.4, 0.5) is 5.69 Å². The number of hydrogen-bond acceptors (Lipinski definition) is 6. The van der Waals surface area contributed by atoms with E-state index in [4.69, 9.17) is 32.7 Å². The van der Waals surface area contributed by atoms with E-state index >= 15 is 0 Å². The van der Waals surface area contributed by atoms with Crippen molar-refractivity contribution in [3.8, 4) is 11.5 Å². The van der Waals surface area contributed by atoms with Gasteiger partial charge >= 0.3 is 0 Å². The van der Waals surface area contributed by atoms with Gasteiger partial charge in [0.05, 0.1) is 11.9 Å². The molecule has 0 unspecified atom stereocenters. The molecule has 0 saturated carbocycles. The van der Waals surface area contributed by atoms with Gasteiger partial charge in [0.2, 0.25) is 28.6 Å². The lowest BCUT2D eigenvalue weighted by atomic mass is 10.0. The van der Waals surface area contributed by atoms with Crippen molar-refractivity contribution in [2.24, 2.45) is 0 Å². The maximum absolute atomic E-state index is 13.8. The Kier molecular flexibility index (Phi) is 10.0. The fourth-order valence-electron chi connectivity index (χ4n) is 4.60. The van der Waals surface area contributed by atoms with Crippen LogP contribution in [-0.2, 0) is 32.6 Å². The minimum atomic E-state index is -3.67. The molecule has 3 aromatic rings. The summed E-state index contributed by atoms with van der Waals surface area (Å²) in [5.74, 6) is 0.338. The third-order valence-electron chi connectivity index (χ3n) is 6.67. The fourth-order valence-corrected chi connectivity index (χ4v) is 6.02. The fraction of sp³-hybridized carbons (Fsp3) is 0.310. The van der Waals surface area contributed by atoms with E-state index in [0.717, 1.165) is 11.8 Å². The summed E-state index contributed by atoms with van der Waals surface area (Å²) in [6, 6.07) is 18.4. The van der Waals surface area contributed by atoms with Gasteiger partial charge in [-0.1, -0.05) is 59.6 Å². The molecule has 0 bridgehead atoms. The molecule has 2 amide bonds. The number of halogens is 2. The molecule has 1 aliphatic heterocycles. The SMILES string of the molecule is CNC(=O)[C@H](Cc1ccccc1)N(Cc1ccc(Cl)cc1Cl)C(=O)CCCN(c1ccc2c(c1)OCO2)S(C)(=O)=O. The minimum Gasteiger partial charge on any atom is -0.454 e. The van der Waals surface area contributed by atoms with Gasteiger partial charge in [0.15, 0.2) is 11.5 Å². The van der Waals surface area contributed by atoms with Gasteiger partial charge in [-0.25, -0.2) is 8.42 Å². The number of hydrogen-bond donors (Lipinski definition) is 1. The number of benzene rings is 3. The van der Waals surface area contributed by atoms with E-state index in [1.165, 1.54) is 16.3 Å². The van der Waals surface area contributed by atoms with Crippen molar-refractivity contribution in [1.29, 1.82) is 0 Å². The number of amides is 2. The van der Waals surface area contributed by atoms with Crippen LogP contribution >= 0.6 is 23.2 Å². The zero-order valence-corrected chi connectivity index (χ0v) is 25.0. The Morgan fingerprint density at radius 1 is 1.00 bits per heavy atom. The van der Waals surface area contributed by atoms with E-state index in [0.29, 0.717) is 32.8 Å². The Bertz CT molecular complexity index is 1500. The summed E-state index contributed by atoms with van der Waals surface area (Å²) in [5.41, 5.74) is 1.91. The summed E-state index contributed by atoms with van der Waals surface area (Å²) in [6.07, 6.45) is 1.58. The molecule has 1 aliphatic rings. The first-order valence-corrected chi connectivity index (χ1v) is 15.5. The summed E-state index contributed by atoms with van der Waals surface area (Å²) < 4.78 is 37.3. The molecule has 3 aromatic carbocycles. The van der Waals surface area contributed by atoms with Crippen LogP contribution in [0.3, 0.4) is 0 Å². The molecular formula is C29H31Cl2N3O6S. The highest BCUT2D eigenvalue weighted by Gasteiger charge is 2.30. The predicted octanol–water partition coefficient (Wildman–Crippen LogP) is 4.65. The Morgan fingerprint density at radius 2 is 1.73 bits per heavy atom. The molecule has 218 valence electrons. The van der Waals surface area contributed by atoms with Crippen LogP contribution in [0.2, 0.25) is 10.0 Å². The lowest BCUT2D eigenvalue weighted by molar-refractivity contribution is -0.141. The van der Waals surface area contributed by atoms with Crippen LogP contribution in [0, 0.1) is 0 Å². The summed E-state index contributed by atoms with van der Waals surface area (Å²) in [5, 5.41) is 3.49. The quantitative estimate of drug-likeness (QED) is 0.316. The first kappa shape index (κ1) is 30.5. The predicted molar refractivity (Wildman–Crippen MR) is 159 cm³/mol. The number of anilines is 1. The van der Waals surface area contributed by atoms with Crippen LogP contribution in [-0.4, -0.2) is 57.8 Å². The second-order valence-electron chi connectivity index (χ2n) is 9.55. The number of nitrogens with zero attached hydrogens (tertiary/aromatic N) is 2. The van der Waals surface area contributed by atoms with Crippen molar-refractivity contribution >= 4 is 50.7 Å². The van der Waals surface area contributed by atoms with E-state index in [1.54, 1.807) is 36.4 Å². The Hall–Kier alpha value is -3.47. The molecule has 1 atom stereocenters. The monoisotopic (exact) mass is 619 g/mol. The minimum absolute atomic E-state index is 0.00986. The number of nitrogens with one attached hydrogen (secondary N) is 1. The maximum Gasteiger partial charge on any atom is 0.242 e. The first-order chi connectivity index (χ1) is 19.6. The van der Waals surface area contributed by atoms with Crippen molar-refractivity contribution in [2.75, 3.05) is 30.9 Å². The zero-order valence-electron chi connectivity index (χ0n) is 22.7. The molecule has 0 aromatic heterocycles. The number of sulfonamides is 1. The number of ether oxygens (including phenoxy) is 2. The maximum atomic E-state index is 13.8. The molecule has 0 fully saturated rings. The molecule has 4 rings (SSSR count). The van der Waals surface area contributed by atoms with Crippen LogP contribution in [0.15, 0.2) is 66.7 Å². The molecular weight excluding hydrogens is 589 g/mol. The average molecular weight is 621 g/mol. The molecule has 1 N–H and O–H groups in total. The largest absolute Gasteiger partial charge is 0.454 e.